The number of carbonyl (C=O) groups is 1. The molecule has 6 heteroatoms. The molecule has 1 aromatic carbocycles. The molecule has 21 heavy (non-hydrogen) atoms. The maximum Gasteiger partial charge on any atom is 0.338 e. The van der Waals surface area contributed by atoms with E-state index in [2.05, 4.69) is 4.98 Å². The van der Waals surface area contributed by atoms with Gasteiger partial charge in [0, 0.05) is 11.3 Å². The number of nitrogen functional groups attached to an aromatic ring is 1. The second kappa shape index (κ2) is 7.08. The molecule has 0 aliphatic heterocycles. The minimum Gasteiger partial charge on any atom is -0.491 e. The molecule has 0 aliphatic carbocycles. The first-order valence-electron chi connectivity index (χ1n) is 6.70. The van der Waals surface area contributed by atoms with Crippen LogP contribution in [0.2, 0.25) is 0 Å². The van der Waals surface area contributed by atoms with E-state index in [1.807, 2.05) is 12.4 Å². The van der Waals surface area contributed by atoms with E-state index in [1.54, 1.807) is 36.5 Å². The van der Waals surface area contributed by atoms with Crippen LogP contribution in [0.25, 0.3) is 0 Å². The Bertz CT molecular complexity index is 625. The normalized spacial score (nSPS) is 10.4. The van der Waals surface area contributed by atoms with Crippen LogP contribution in [0.3, 0.4) is 0 Å². The summed E-state index contributed by atoms with van der Waals surface area (Å²) in [7, 11) is 0. The van der Waals surface area contributed by atoms with Gasteiger partial charge in [0.25, 0.3) is 0 Å². The summed E-state index contributed by atoms with van der Waals surface area (Å²) in [4.78, 5) is 17.1. The second-order valence-corrected chi connectivity index (χ2v) is 5.37. The Hall–Kier alpha value is -2.08. The zero-order valence-electron chi connectivity index (χ0n) is 12.1. The number of benzene rings is 1. The van der Waals surface area contributed by atoms with Crippen molar-refractivity contribution in [3.63, 3.8) is 0 Å². The van der Waals surface area contributed by atoms with Crippen molar-refractivity contribution < 1.29 is 14.3 Å². The van der Waals surface area contributed by atoms with E-state index in [1.165, 1.54) is 4.88 Å². The topological polar surface area (TPSA) is 74.4 Å². The van der Waals surface area contributed by atoms with Crippen molar-refractivity contribution in [3.05, 3.63) is 39.8 Å². The Morgan fingerprint density at radius 2 is 2.24 bits per heavy atom. The average molecular weight is 306 g/mol. The van der Waals surface area contributed by atoms with Gasteiger partial charge in [-0.15, -0.1) is 11.3 Å². The quantitative estimate of drug-likeness (QED) is 0.656. The molecule has 2 aromatic rings. The smallest absolute Gasteiger partial charge is 0.338 e. The summed E-state index contributed by atoms with van der Waals surface area (Å²) in [6.45, 7) is 4.56. The van der Waals surface area contributed by atoms with Crippen LogP contribution in [0, 0.1) is 6.92 Å². The molecule has 0 bridgehead atoms. The molecule has 0 saturated carbocycles. The minimum atomic E-state index is -0.374. The van der Waals surface area contributed by atoms with Gasteiger partial charge in [-0.05, 0) is 32.0 Å². The van der Waals surface area contributed by atoms with Crippen LogP contribution in [-0.4, -0.2) is 24.2 Å². The number of aromatic nitrogens is 1. The van der Waals surface area contributed by atoms with Gasteiger partial charge in [-0.3, -0.25) is 0 Å². The lowest BCUT2D eigenvalue weighted by atomic mass is 10.2. The number of anilines is 1. The molecule has 1 heterocycles. The van der Waals surface area contributed by atoms with Gasteiger partial charge in [0.2, 0.25) is 0 Å². The number of thiazole rings is 1. The van der Waals surface area contributed by atoms with Gasteiger partial charge in [-0.1, -0.05) is 0 Å². The van der Waals surface area contributed by atoms with Crippen molar-refractivity contribution in [1.29, 1.82) is 0 Å². The highest BCUT2D eigenvalue weighted by Gasteiger charge is 2.10. The van der Waals surface area contributed by atoms with Gasteiger partial charge in [-0.2, -0.15) is 0 Å². The summed E-state index contributed by atoms with van der Waals surface area (Å²) in [6.07, 6.45) is 0.763. The molecule has 0 radical (unpaired) electrons. The molecular formula is C15H18N2O3S. The highest BCUT2D eigenvalue weighted by molar-refractivity contribution is 7.09. The van der Waals surface area contributed by atoms with Crippen LogP contribution >= 0.6 is 11.3 Å². The maximum absolute atomic E-state index is 11.7. The van der Waals surface area contributed by atoms with E-state index in [0.717, 1.165) is 12.1 Å². The van der Waals surface area contributed by atoms with E-state index < -0.39 is 0 Å². The fourth-order valence-electron chi connectivity index (χ4n) is 1.82. The lowest BCUT2D eigenvalue weighted by Crippen LogP contribution is -2.07. The number of nitrogens with two attached hydrogens (primary N) is 1. The summed E-state index contributed by atoms with van der Waals surface area (Å²) in [6, 6.07) is 4.90. The zero-order valence-corrected chi connectivity index (χ0v) is 12.9. The molecule has 0 spiro atoms. The van der Waals surface area contributed by atoms with Crippen LogP contribution in [0.5, 0.6) is 5.75 Å². The number of esters is 1. The van der Waals surface area contributed by atoms with Crippen LogP contribution in [0.15, 0.2) is 23.7 Å². The van der Waals surface area contributed by atoms with E-state index >= 15 is 0 Å². The van der Waals surface area contributed by atoms with Crippen molar-refractivity contribution in [2.24, 2.45) is 0 Å². The Morgan fingerprint density at radius 1 is 1.43 bits per heavy atom. The van der Waals surface area contributed by atoms with Crippen molar-refractivity contribution in [1.82, 2.24) is 4.98 Å². The molecule has 2 N–H and O–H groups in total. The Labute approximate surface area is 127 Å². The van der Waals surface area contributed by atoms with Gasteiger partial charge in [0.05, 0.1) is 35.7 Å². The number of aryl methyl sites for hydroxylation is 1. The second-order valence-electron chi connectivity index (χ2n) is 4.43. The third-order valence-electron chi connectivity index (χ3n) is 2.96. The summed E-state index contributed by atoms with van der Waals surface area (Å²) in [5, 5.41) is 0. The van der Waals surface area contributed by atoms with Crippen LogP contribution in [0.4, 0.5) is 5.69 Å². The summed E-state index contributed by atoms with van der Waals surface area (Å²) >= 11 is 1.61. The first-order valence-corrected chi connectivity index (χ1v) is 7.58. The lowest BCUT2D eigenvalue weighted by molar-refractivity contribution is 0.0526. The molecule has 0 saturated heterocycles. The monoisotopic (exact) mass is 306 g/mol. The molecule has 112 valence electrons. The van der Waals surface area contributed by atoms with Gasteiger partial charge >= 0.3 is 5.97 Å². The molecular weight excluding hydrogens is 288 g/mol. The number of ether oxygens (including phenoxy) is 2. The van der Waals surface area contributed by atoms with E-state index in [9.17, 15) is 4.79 Å². The van der Waals surface area contributed by atoms with Crippen molar-refractivity contribution >= 4 is 23.0 Å². The SMILES string of the molecule is CCOC(=O)c1ccc(N)c(OCCc2scnc2C)c1. The van der Waals surface area contributed by atoms with Crippen LogP contribution < -0.4 is 10.5 Å². The Morgan fingerprint density at radius 3 is 2.90 bits per heavy atom. The minimum absolute atomic E-state index is 0.337. The Balaban J connectivity index is 2.00. The van der Waals surface area contributed by atoms with E-state index in [4.69, 9.17) is 15.2 Å². The summed E-state index contributed by atoms with van der Waals surface area (Å²) in [5.41, 5.74) is 9.65. The molecule has 0 aliphatic rings. The van der Waals surface area contributed by atoms with Gasteiger partial charge in [-0.25, -0.2) is 9.78 Å². The van der Waals surface area contributed by atoms with E-state index in [0.29, 0.717) is 30.2 Å². The average Bonchev–Trinajstić information content (AvgIpc) is 2.87. The standard InChI is InChI=1S/C15H18N2O3S/c1-3-19-15(18)11-4-5-12(16)13(8-11)20-7-6-14-10(2)17-9-21-14/h4-5,8-9H,3,6-7,16H2,1-2H3. The van der Waals surface area contributed by atoms with Gasteiger partial charge < -0.3 is 15.2 Å². The van der Waals surface area contributed by atoms with Crippen molar-refractivity contribution in [2.45, 2.75) is 20.3 Å². The molecule has 0 fully saturated rings. The van der Waals surface area contributed by atoms with Crippen molar-refractivity contribution in [3.8, 4) is 5.75 Å². The molecule has 2 rings (SSSR count). The van der Waals surface area contributed by atoms with Crippen LogP contribution in [0.1, 0.15) is 27.9 Å². The fraction of sp³-hybridized carbons (Fsp3) is 0.333. The summed E-state index contributed by atoms with van der Waals surface area (Å²) < 4.78 is 10.6. The first kappa shape index (κ1) is 15.3. The fourth-order valence-corrected chi connectivity index (χ4v) is 2.58. The largest absolute Gasteiger partial charge is 0.491 e. The number of nitrogens with zero attached hydrogens (tertiary/aromatic N) is 1. The molecule has 0 atom stereocenters. The van der Waals surface area contributed by atoms with Gasteiger partial charge in [0.1, 0.15) is 5.75 Å². The zero-order chi connectivity index (χ0) is 15.2. The van der Waals surface area contributed by atoms with Crippen molar-refractivity contribution in [2.75, 3.05) is 18.9 Å². The molecule has 0 amide bonds. The van der Waals surface area contributed by atoms with E-state index in [-0.39, 0.29) is 5.97 Å². The predicted octanol–water partition coefficient (Wildman–Crippen LogP) is 2.83. The maximum atomic E-state index is 11.7. The van der Waals surface area contributed by atoms with Gasteiger partial charge in [0.15, 0.2) is 0 Å². The summed E-state index contributed by atoms with van der Waals surface area (Å²) in [5.74, 6) is 0.128. The Kier molecular flexibility index (Phi) is 5.16. The number of hydrogen-bond acceptors (Lipinski definition) is 6. The molecule has 1 aromatic heterocycles. The third-order valence-corrected chi connectivity index (χ3v) is 3.95. The predicted molar refractivity (Wildman–Crippen MR) is 82.9 cm³/mol. The molecule has 5 nitrogen and oxygen atoms in total. The number of rotatable bonds is 6. The highest BCUT2D eigenvalue weighted by atomic mass is 32.1. The third kappa shape index (κ3) is 3.95. The lowest BCUT2D eigenvalue weighted by Gasteiger charge is -2.10. The number of carbonyl (C=O) groups excluding carboxylic acids is 1. The highest BCUT2D eigenvalue weighted by Crippen LogP contribution is 2.24. The first-order chi connectivity index (χ1) is 10.1. The molecule has 0 unspecified atom stereocenters. The van der Waals surface area contributed by atoms with Crippen LogP contribution in [-0.2, 0) is 11.2 Å². The number of hydrogen-bond donors (Lipinski definition) is 1.